The van der Waals surface area contributed by atoms with E-state index >= 15 is 0 Å². The molecule has 0 spiro atoms. The van der Waals surface area contributed by atoms with E-state index in [1.807, 2.05) is 0 Å². The van der Waals surface area contributed by atoms with Gasteiger partial charge in [-0.15, -0.1) is 0 Å². The number of carbonyl (C=O) groups is 2. The number of esters is 2. The van der Waals surface area contributed by atoms with Gasteiger partial charge in [-0.05, 0) is 6.92 Å². The Kier molecular flexibility index (Phi) is 16.2. The van der Waals surface area contributed by atoms with Crippen LogP contribution in [0.1, 0.15) is 20.3 Å². The molecule has 0 aliphatic rings. The van der Waals surface area contributed by atoms with E-state index < -0.39 is 0 Å². The van der Waals surface area contributed by atoms with Crippen LogP contribution in [0.25, 0.3) is 0 Å². The molecule has 0 fully saturated rings. The van der Waals surface area contributed by atoms with E-state index in [-0.39, 0.29) is 25.0 Å². The van der Waals surface area contributed by atoms with Gasteiger partial charge in [-0.3, -0.25) is 9.59 Å². The molecule has 0 atom stereocenters. The fourth-order valence-electron chi connectivity index (χ4n) is 1.39. The molecule has 0 aromatic carbocycles. The number of carbonyl (C=O) groups excluding carboxylic acids is 2. The molecule has 0 rings (SSSR count). The largest absolute Gasteiger partial charge is 0.466 e. The predicted octanol–water partition coefficient (Wildman–Crippen LogP) is 0.569. The Bertz CT molecular complexity index is 295. The molecule has 0 saturated carbocycles. The van der Waals surface area contributed by atoms with Crippen molar-refractivity contribution in [2.45, 2.75) is 20.3 Å². The first-order chi connectivity index (χ1) is 11.2. The van der Waals surface area contributed by atoms with Crippen LogP contribution in [0.3, 0.4) is 0 Å². The van der Waals surface area contributed by atoms with Gasteiger partial charge in [-0.2, -0.15) is 0 Å². The van der Waals surface area contributed by atoms with Crippen LogP contribution in [0.15, 0.2) is 0 Å². The summed E-state index contributed by atoms with van der Waals surface area (Å²) in [6.07, 6.45) is 0.258. The summed E-state index contributed by atoms with van der Waals surface area (Å²) in [5.41, 5.74) is 0. The Balaban J connectivity index is 3.05. The molecule has 0 radical (unpaired) electrons. The summed E-state index contributed by atoms with van der Waals surface area (Å²) in [4.78, 5) is 21.5. The van der Waals surface area contributed by atoms with Crippen molar-refractivity contribution >= 4 is 11.9 Å². The number of hydrogen-bond acceptors (Lipinski definition) is 8. The lowest BCUT2D eigenvalue weighted by Crippen LogP contribution is -2.14. The van der Waals surface area contributed by atoms with E-state index in [1.54, 1.807) is 6.92 Å². The first-order valence-corrected chi connectivity index (χ1v) is 7.76. The van der Waals surface area contributed by atoms with Gasteiger partial charge < -0.3 is 28.4 Å². The molecule has 0 aromatic heterocycles. The van der Waals surface area contributed by atoms with Crippen LogP contribution in [0.4, 0.5) is 0 Å². The quantitative estimate of drug-likeness (QED) is 0.298. The Morgan fingerprint density at radius 3 is 1.52 bits per heavy atom. The third kappa shape index (κ3) is 18.7. The van der Waals surface area contributed by atoms with Crippen molar-refractivity contribution < 1.29 is 38.0 Å². The second-order valence-electron chi connectivity index (χ2n) is 4.34. The van der Waals surface area contributed by atoms with Gasteiger partial charge in [0.15, 0.2) is 0 Å². The van der Waals surface area contributed by atoms with Gasteiger partial charge in [0.25, 0.3) is 0 Å². The van der Waals surface area contributed by atoms with Crippen molar-refractivity contribution in [1.82, 2.24) is 0 Å². The normalized spacial score (nSPS) is 10.5. The van der Waals surface area contributed by atoms with Crippen LogP contribution >= 0.6 is 0 Å². The van der Waals surface area contributed by atoms with E-state index in [0.717, 1.165) is 0 Å². The molecular weight excluding hydrogens is 308 g/mol. The van der Waals surface area contributed by atoms with Gasteiger partial charge in [0.05, 0.1) is 65.9 Å². The van der Waals surface area contributed by atoms with Crippen LogP contribution in [0.2, 0.25) is 0 Å². The average molecular weight is 336 g/mol. The summed E-state index contributed by atoms with van der Waals surface area (Å²) < 4.78 is 30.5. The summed E-state index contributed by atoms with van der Waals surface area (Å²) >= 11 is 0. The van der Waals surface area contributed by atoms with Crippen molar-refractivity contribution in [3.05, 3.63) is 0 Å². The van der Waals surface area contributed by atoms with Crippen LogP contribution < -0.4 is 0 Å². The Hall–Kier alpha value is -1.22. The molecule has 8 heteroatoms. The molecule has 0 saturated heterocycles. The van der Waals surface area contributed by atoms with E-state index in [0.29, 0.717) is 59.5 Å². The first kappa shape index (κ1) is 21.8. The SMILES string of the molecule is CCOC(=O)CCOCCOCCOCCOCCOC(C)=O. The standard InChI is InChI=1S/C15H28O8/c1-3-22-15(17)4-5-18-6-7-19-8-9-20-10-11-21-12-13-23-14(2)16/h3-13H2,1-2H3. The second-order valence-corrected chi connectivity index (χ2v) is 4.34. The number of rotatable bonds is 16. The predicted molar refractivity (Wildman–Crippen MR) is 81.2 cm³/mol. The molecule has 8 nitrogen and oxygen atoms in total. The van der Waals surface area contributed by atoms with Gasteiger partial charge >= 0.3 is 11.9 Å². The molecule has 23 heavy (non-hydrogen) atoms. The Morgan fingerprint density at radius 2 is 1.09 bits per heavy atom. The van der Waals surface area contributed by atoms with Crippen molar-refractivity contribution in [2.24, 2.45) is 0 Å². The molecule has 136 valence electrons. The smallest absolute Gasteiger partial charge is 0.308 e. The van der Waals surface area contributed by atoms with Crippen LogP contribution in [0.5, 0.6) is 0 Å². The molecule has 0 aliphatic carbocycles. The van der Waals surface area contributed by atoms with Crippen LogP contribution in [0, 0.1) is 0 Å². The Morgan fingerprint density at radius 1 is 0.652 bits per heavy atom. The topological polar surface area (TPSA) is 89.5 Å². The average Bonchev–Trinajstić information content (AvgIpc) is 2.51. The Labute approximate surface area is 137 Å². The van der Waals surface area contributed by atoms with Crippen LogP contribution in [-0.4, -0.2) is 78.0 Å². The molecule has 0 unspecified atom stereocenters. The first-order valence-electron chi connectivity index (χ1n) is 7.76. The van der Waals surface area contributed by atoms with Crippen molar-refractivity contribution in [3.8, 4) is 0 Å². The molecule has 0 N–H and O–H groups in total. The third-order valence-corrected chi connectivity index (χ3v) is 2.40. The summed E-state index contributed by atoms with van der Waals surface area (Å²) in [6.45, 7) is 7.18. The maximum absolute atomic E-state index is 11.0. The molecule has 0 bridgehead atoms. The molecule has 0 heterocycles. The van der Waals surface area contributed by atoms with Crippen molar-refractivity contribution in [3.63, 3.8) is 0 Å². The van der Waals surface area contributed by atoms with E-state index in [2.05, 4.69) is 0 Å². The van der Waals surface area contributed by atoms with Crippen molar-refractivity contribution in [2.75, 3.05) is 66.1 Å². The van der Waals surface area contributed by atoms with E-state index in [1.165, 1.54) is 6.92 Å². The number of hydrogen-bond donors (Lipinski definition) is 0. The lowest BCUT2D eigenvalue weighted by atomic mass is 10.5. The highest BCUT2D eigenvalue weighted by Gasteiger charge is 2.00. The zero-order valence-electron chi connectivity index (χ0n) is 14.0. The van der Waals surface area contributed by atoms with E-state index in [9.17, 15) is 9.59 Å². The maximum atomic E-state index is 11.0. The van der Waals surface area contributed by atoms with Gasteiger partial charge in [-0.25, -0.2) is 0 Å². The van der Waals surface area contributed by atoms with Crippen LogP contribution in [-0.2, 0) is 38.0 Å². The van der Waals surface area contributed by atoms with E-state index in [4.69, 9.17) is 28.4 Å². The van der Waals surface area contributed by atoms with Gasteiger partial charge in [0.1, 0.15) is 6.61 Å². The summed E-state index contributed by atoms with van der Waals surface area (Å²) in [7, 11) is 0. The highest BCUT2D eigenvalue weighted by molar-refractivity contribution is 5.69. The summed E-state index contributed by atoms with van der Waals surface area (Å²) in [5, 5.41) is 0. The highest BCUT2D eigenvalue weighted by atomic mass is 16.6. The number of ether oxygens (including phenoxy) is 6. The molecular formula is C15H28O8. The fourth-order valence-corrected chi connectivity index (χ4v) is 1.39. The van der Waals surface area contributed by atoms with Gasteiger partial charge in [-0.1, -0.05) is 0 Å². The van der Waals surface area contributed by atoms with Gasteiger partial charge in [0.2, 0.25) is 0 Å². The molecule has 0 amide bonds. The zero-order chi connectivity index (χ0) is 17.2. The third-order valence-electron chi connectivity index (χ3n) is 2.40. The minimum absolute atomic E-state index is 0.253. The maximum Gasteiger partial charge on any atom is 0.308 e. The highest BCUT2D eigenvalue weighted by Crippen LogP contribution is 1.89. The minimum Gasteiger partial charge on any atom is -0.466 e. The molecule has 0 aromatic rings. The van der Waals surface area contributed by atoms with Gasteiger partial charge in [0, 0.05) is 6.92 Å². The lowest BCUT2D eigenvalue weighted by Gasteiger charge is -2.07. The molecule has 0 aliphatic heterocycles. The lowest BCUT2D eigenvalue weighted by molar-refractivity contribution is -0.144. The second kappa shape index (κ2) is 17.1. The van der Waals surface area contributed by atoms with Crippen molar-refractivity contribution in [1.29, 1.82) is 0 Å². The zero-order valence-corrected chi connectivity index (χ0v) is 14.0. The fraction of sp³-hybridized carbons (Fsp3) is 0.867. The monoisotopic (exact) mass is 336 g/mol. The summed E-state index contributed by atoms with van der Waals surface area (Å²) in [5.74, 6) is -0.566. The summed E-state index contributed by atoms with van der Waals surface area (Å²) in [6, 6.07) is 0. The minimum atomic E-state index is -0.313.